The van der Waals surface area contributed by atoms with Crippen molar-refractivity contribution in [3.63, 3.8) is 0 Å². The summed E-state index contributed by atoms with van der Waals surface area (Å²) in [5.41, 5.74) is 3.80. The van der Waals surface area contributed by atoms with Crippen molar-refractivity contribution in [1.29, 1.82) is 0 Å². The number of rotatable bonds is 7. The molecule has 5 aromatic rings. The molecule has 2 saturated heterocycles. The summed E-state index contributed by atoms with van der Waals surface area (Å²) in [7, 11) is 0. The second-order valence-electron chi connectivity index (χ2n) is 11.9. The summed E-state index contributed by atoms with van der Waals surface area (Å²) in [5.74, 6) is 0.418. The van der Waals surface area contributed by atoms with Gasteiger partial charge in [0.05, 0.1) is 17.4 Å². The minimum atomic E-state index is -0.310. The molecule has 0 radical (unpaired) electrons. The van der Waals surface area contributed by atoms with Gasteiger partial charge in [-0.05, 0) is 57.2 Å². The highest BCUT2D eigenvalue weighted by molar-refractivity contribution is 7.96. The molecule has 12 nitrogen and oxygen atoms in total. The number of piperidine rings is 1. The first-order valence-electron chi connectivity index (χ1n) is 15.7. The van der Waals surface area contributed by atoms with Gasteiger partial charge in [-0.3, -0.25) is 18.7 Å². The minimum Gasteiger partial charge on any atom is -0.366 e. The largest absolute Gasteiger partial charge is 0.366 e. The van der Waals surface area contributed by atoms with Crippen LogP contribution < -0.4 is 21.1 Å². The molecule has 6 heterocycles. The summed E-state index contributed by atoms with van der Waals surface area (Å²) in [4.78, 5) is 43.5. The molecule has 1 aromatic carbocycles. The summed E-state index contributed by atoms with van der Waals surface area (Å²) < 4.78 is 19.4. The van der Waals surface area contributed by atoms with E-state index in [1.54, 1.807) is 53.6 Å². The second kappa shape index (κ2) is 13.3. The molecule has 0 bridgehead atoms. The Balaban J connectivity index is 1.26. The SMILES string of the molecule is CSN1CCC(n2c(=O)c(-c3cnc(-c4cnccn4)nc3C)cc3cnc(Nc4ccc(N5CCNC(C)C5)c(F)c4)nc32)CC1. The number of fused-ring (bicyclic) bond motifs is 1. The lowest BCUT2D eigenvalue weighted by atomic mass is 10.0. The van der Waals surface area contributed by atoms with Crippen molar-refractivity contribution >= 4 is 40.3 Å². The van der Waals surface area contributed by atoms with Crippen LogP contribution in [0.4, 0.5) is 21.7 Å². The van der Waals surface area contributed by atoms with Crippen molar-refractivity contribution in [3.8, 4) is 22.6 Å². The Morgan fingerprint density at radius 2 is 1.85 bits per heavy atom. The molecular formula is C33H36FN11OS. The van der Waals surface area contributed by atoms with Gasteiger partial charge < -0.3 is 15.5 Å². The van der Waals surface area contributed by atoms with Gasteiger partial charge in [0, 0.05) is 91.9 Å². The molecule has 4 aromatic heterocycles. The molecule has 2 aliphatic rings. The quantitative estimate of drug-likeness (QED) is 0.238. The Labute approximate surface area is 276 Å². The zero-order chi connectivity index (χ0) is 32.5. The highest BCUT2D eigenvalue weighted by atomic mass is 32.2. The maximum atomic E-state index is 15.3. The first-order chi connectivity index (χ1) is 22.9. The van der Waals surface area contributed by atoms with Crippen LogP contribution in [-0.2, 0) is 0 Å². The Bertz CT molecular complexity index is 1970. The van der Waals surface area contributed by atoms with Crippen molar-refractivity contribution in [2.45, 2.75) is 38.8 Å². The van der Waals surface area contributed by atoms with E-state index in [1.165, 1.54) is 6.07 Å². The van der Waals surface area contributed by atoms with Crippen LogP contribution in [0.2, 0.25) is 0 Å². The Morgan fingerprint density at radius 1 is 1.00 bits per heavy atom. The molecule has 0 aliphatic carbocycles. The number of benzene rings is 1. The van der Waals surface area contributed by atoms with Gasteiger partial charge in [0.25, 0.3) is 5.56 Å². The summed E-state index contributed by atoms with van der Waals surface area (Å²) >= 11 is 1.71. The Kier molecular flexibility index (Phi) is 8.80. The molecule has 2 fully saturated rings. The number of aryl methyl sites for hydroxylation is 1. The molecule has 2 aliphatic heterocycles. The average molecular weight is 654 g/mol. The number of anilines is 3. The first kappa shape index (κ1) is 31.1. The molecule has 242 valence electrons. The van der Waals surface area contributed by atoms with Crippen molar-refractivity contribution in [3.05, 3.63) is 77.1 Å². The van der Waals surface area contributed by atoms with Crippen LogP contribution in [0, 0.1) is 12.7 Å². The lowest BCUT2D eigenvalue weighted by molar-refractivity contribution is 0.291. The van der Waals surface area contributed by atoms with Crippen molar-refractivity contribution in [2.75, 3.05) is 49.2 Å². The fourth-order valence-electron chi connectivity index (χ4n) is 6.39. The van der Waals surface area contributed by atoms with Crippen molar-refractivity contribution in [2.24, 2.45) is 0 Å². The van der Waals surface area contributed by atoms with Gasteiger partial charge in [-0.2, -0.15) is 4.98 Å². The van der Waals surface area contributed by atoms with Gasteiger partial charge in [-0.25, -0.2) is 24.3 Å². The zero-order valence-electron chi connectivity index (χ0n) is 26.5. The van der Waals surface area contributed by atoms with Crippen LogP contribution in [0.1, 0.15) is 31.5 Å². The molecule has 0 amide bonds. The third-order valence-corrected chi connectivity index (χ3v) is 9.68. The summed E-state index contributed by atoms with van der Waals surface area (Å²) in [6.45, 7) is 7.96. The predicted octanol–water partition coefficient (Wildman–Crippen LogP) is 4.61. The molecule has 1 atom stereocenters. The van der Waals surface area contributed by atoms with Gasteiger partial charge in [-0.1, -0.05) is 11.9 Å². The number of hydrogen-bond donors (Lipinski definition) is 2. The van der Waals surface area contributed by atoms with E-state index >= 15 is 4.39 Å². The number of pyridine rings is 1. The molecular weight excluding hydrogens is 618 g/mol. The standard InChI is InChI=1S/C33H36FN11OS/c1-20-19-43(13-10-36-20)29-5-4-23(15-27(29)34)41-33-39-16-22-14-25(26-17-38-30(40-21(26)2)28-18-35-8-9-37-28)32(46)45(31(22)42-33)24-6-11-44(47-3)12-7-24/h4-5,8-9,14-18,20,24,36H,6-7,10-13,19H2,1-3H3,(H,39,41,42). The molecule has 47 heavy (non-hydrogen) atoms. The van der Waals surface area contributed by atoms with Gasteiger partial charge in [0.15, 0.2) is 5.82 Å². The molecule has 1 unspecified atom stereocenters. The van der Waals surface area contributed by atoms with Gasteiger partial charge in [0.2, 0.25) is 5.95 Å². The second-order valence-corrected chi connectivity index (χ2v) is 12.8. The van der Waals surface area contributed by atoms with E-state index in [-0.39, 0.29) is 29.4 Å². The minimum absolute atomic E-state index is 0.0608. The van der Waals surface area contributed by atoms with Gasteiger partial charge in [0.1, 0.15) is 17.2 Å². The van der Waals surface area contributed by atoms with E-state index in [0.29, 0.717) is 50.7 Å². The van der Waals surface area contributed by atoms with Crippen LogP contribution in [0.25, 0.3) is 33.7 Å². The third kappa shape index (κ3) is 6.40. The van der Waals surface area contributed by atoms with Crippen LogP contribution in [0.3, 0.4) is 0 Å². The fourth-order valence-corrected chi connectivity index (χ4v) is 6.96. The third-order valence-electron chi connectivity index (χ3n) is 8.80. The van der Waals surface area contributed by atoms with E-state index in [9.17, 15) is 4.79 Å². The average Bonchev–Trinajstić information content (AvgIpc) is 3.09. The molecule has 0 spiro atoms. The number of nitrogens with zero attached hydrogens (tertiary/aromatic N) is 9. The van der Waals surface area contributed by atoms with Crippen molar-refractivity contribution < 1.29 is 4.39 Å². The predicted molar refractivity (Wildman–Crippen MR) is 183 cm³/mol. The topological polar surface area (TPSA) is 130 Å². The van der Waals surface area contributed by atoms with E-state index in [1.807, 2.05) is 19.1 Å². The lowest BCUT2D eigenvalue weighted by Crippen LogP contribution is -2.49. The van der Waals surface area contributed by atoms with Gasteiger partial charge >= 0.3 is 0 Å². The first-order valence-corrected chi connectivity index (χ1v) is 16.9. The van der Waals surface area contributed by atoms with E-state index in [4.69, 9.17) is 4.98 Å². The smallest absolute Gasteiger partial charge is 0.260 e. The van der Waals surface area contributed by atoms with E-state index < -0.39 is 0 Å². The Morgan fingerprint density at radius 3 is 2.57 bits per heavy atom. The molecule has 7 rings (SSSR count). The molecule has 14 heteroatoms. The van der Waals surface area contributed by atoms with Crippen molar-refractivity contribution in [1.82, 2.24) is 44.1 Å². The fraction of sp³-hybridized carbons (Fsp3) is 0.364. The number of aromatic nitrogens is 7. The molecule has 2 N–H and O–H groups in total. The lowest BCUT2D eigenvalue weighted by Gasteiger charge is -2.33. The van der Waals surface area contributed by atoms with Gasteiger partial charge in [-0.15, -0.1) is 0 Å². The number of nitrogens with one attached hydrogen (secondary N) is 2. The normalized spacial score (nSPS) is 17.7. The molecule has 0 saturated carbocycles. The Hall–Kier alpha value is -4.53. The summed E-state index contributed by atoms with van der Waals surface area (Å²) in [6, 6.07) is 7.13. The van der Waals surface area contributed by atoms with Crippen LogP contribution in [-0.4, -0.2) is 83.8 Å². The van der Waals surface area contributed by atoms with Crippen LogP contribution in [0.5, 0.6) is 0 Å². The van der Waals surface area contributed by atoms with Crippen LogP contribution >= 0.6 is 11.9 Å². The number of hydrogen-bond acceptors (Lipinski definition) is 12. The monoisotopic (exact) mass is 653 g/mol. The summed E-state index contributed by atoms with van der Waals surface area (Å²) in [5, 5.41) is 7.27. The zero-order valence-corrected chi connectivity index (χ0v) is 27.3. The highest BCUT2D eigenvalue weighted by Gasteiger charge is 2.26. The highest BCUT2D eigenvalue weighted by Crippen LogP contribution is 2.31. The van der Waals surface area contributed by atoms with E-state index in [0.717, 1.165) is 45.6 Å². The summed E-state index contributed by atoms with van der Waals surface area (Å²) in [6.07, 6.45) is 11.8. The number of piperazine rings is 1. The number of halogens is 1. The maximum absolute atomic E-state index is 15.3. The maximum Gasteiger partial charge on any atom is 0.260 e. The van der Waals surface area contributed by atoms with Crippen LogP contribution in [0.15, 0.2) is 60.0 Å². The van der Waals surface area contributed by atoms with E-state index in [2.05, 4.69) is 57.9 Å².